The number of pyridine rings is 1. The van der Waals surface area contributed by atoms with Crippen molar-refractivity contribution in [3.8, 4) is 0 Å². The van der Waals surface area contributed by atoms with Crippen LogP contribution in [-0.2, 0) is 6.54 Å². The van der Waals surface area contributed by atoms with Crippen molar-refractivity contribution >= 4 is 6.03 Å². The lowest BCUT2D eigenvalue weighted by Crippen LogP contribution is -2.47. The van der Waals surface area contributed by atoms with E-state index >= 15 is 0 Å². The fraction of sp³-hybridized carbons (Fsp3) is 0.571. The molecule has 1 aromatic rings. The lowest BCUT2D eigenvalue weighted by Gasteiger charge is -2.31. The normalized spacial score (nSPS) is 24.0. The van der Waals surface area contributed by atoms with E-state index in [1.807, 2.05) is 28.1 Å². The smallest absolute Gasteiger partial charge is 0.319 e. The summed E-state index contributed by atoms with van der Waals surface area (Å²) in [5.74, 6) is 0. The summed E-state index contributed by atoms with van der Waals surface area (Å²) in [6, 6.07) is 4.49. The molecule has 0 bridgehead atoms. The van der Waals surface area contributed by atoms with Gasteiger partial charge in [-0.25, -0.2) is 4.79 Å². The molecule has 5 nitrogen and oxygen atoms in total. The molecule has 0 saturated carbocycles. The molecule has 3 rings (SSSR count). The molecule has 0 aliphatic carbocycles. The van der Waals surface area contributed by atoms with Gasteiger partial charge in [-0.1, -0.05) is 6.07 Å². The van der Waals surface area contributed by atoms with Crippen LogP contribution in [0.1, 0.15) is 18.4 Å². The molecule has 2 aliphatic rings. The first-order chi connectivity index (χ1) is 9.34. The van der Waals surface area contributed by atoms with Crippen LogP contribution in [-0.4, -0.2) is 53.0 Å². The monoisotopic (exact) mass is 260 g/mol. The fourth-order valence-corrected chi connectivity index (χ4v) is 2.90. The summed E-state index contributed by atoms with van der Waals surface area (Å²) >= 11 is 0. The van der Waals surface area contributed by atoms with Crippen LogP contribution in [0.3, 0.4) is 0 Å². The highest BCUT2D eigenvalue weighted by Crippen LogP contribution is 2.19. The molecule has 1 atom stereocenters. The third-order valence-corrected chi connectivity index (χ3v) is 3.93. The average molecular weight is 260 g/mol. The number of amides is 2. The highest BCUT2D eigenvalue weighted by molar-refractivity contribution is 5.77. The Balaban J connectivity index is 1.62. The number of piperidine rings is 1. The van der Waals surface area contributed by atoms with Crippen LogP contribution in [0.5, 0.6) is 0 Å². The van der Waals surface area contributed by atoms with Crippen LogP contribution in [0.2, 0.25) is 0 Å². The summed E-state index contributed by atoms with van der Waals surface area (Å²) < 4.78 is 0. The molecule has 5 heteroatoms. The first kappa shape index (κ1) is 12.4. The topological polar surface area (TPSA) is 48.5 Å². The van der Waals surface area contributed by atoms with Crippen molar-refractivity contribution in [2.24, 2.45) is 0 Å². The van der Waals surface area contributed by atoms with Gasteiger partial charge >= 0.3 is 6.03 Å². The Labute approximate surface area is 113 Å². The number of nitrogens with zero attached hydrogens (tertiary/aromatic N) is 3. The number of aromatic nitrogens is 1. The average Bonchev–Trinajstić information content (AvgIpc) is 2.82. The van der Waals surface area contributed by atoms with Gasteiger partial charge < -0.3 is 15.1 Å². The minimum Gasteiger partial charge on any atom is -0.319 e. The maximum absolute atomic E-state index is 12.4. The molecule has 0 spiro atoms. The zero-order valence-corrected chi connectivity index (χ0v) is 11.1. The maximum Gasteiger partial charge on any atom is 0.320 e. The van der Waals surface area contributed by atoms with Gasteiger partial charge in [-0.2, -0.15) is 0 Å². The fourth-order valence-electron chi connectivity index (χ4n) is 2.90. The zero-order chi connectivity index (χ0) is 13.1. The van der Waals surface area contributed by atoms with E-state index in [1.54, 1.807) is 6.20 Å². The molecule has 2 saturated heterocycles. The first-order valence-electron chi connectivity index (χ1n) is 7.00. The third-order valence-electron chi connectivity index (χ3n) is 3.93. The van der Waals surface area contributed by atoms with Crippen LogP contribution < -0.4 is 5.32 Å². The number of carbonyl (C=O) groups excluding carboxylic acids is 1. The number of carbonyl (C=O) groups is 1. The molecule has 102 valence electrons. The first-order valence-corrected chi connectivity index (χ1v) is 7.00. The van der Waals surface area contributed by atoms with E-state index in [0.29, 0.717) is 12.6 Å². The maximum atomic E-state index is 12.4. The summed E-state index contributed by atoms with van der Waals surface area (Å²) in [6.07, 6.45) is 5.88. The van der Waals surface area contributed by atoms with E-state index in [4.69, 9.17) is 0 Å². The third kappa shape index (κ3) is 2.71. The van der Waals surface area contributed by atoms with Crippen molar-refractivity contribution in [2.75, 3.05) is 26.2 Å². The van der Waals surface area contributed by atoms with Gasteiger partial charge in [0.2, 0.25) is 0 Å². The minimum atomic E-state index is 0.178. The summed E-state index contributed by atoms with van der Waals surface area (Å²) in [6.45, 7) is 4.36. The second-order valence-corrected chi connectivity index (χ2v) is 5.26. The van der Waals surface area contributed by atoms with Gasteiger partial charge in [0, 0.05) is 44.6 Å². The molecule has 1 N–H and O–H groups in total. The van der Waals surface area contributed by atoms with Gasteiger partial charge in [0.25, 0.3) is 0 Å². The second-order valence-electron chi connectivity index (χ2n) is 5.26. The molecule has 1 aromatic heterocycles. The van der Waals surface area contributed by atoms with E-state index in [2.05, 4.69) is 10.3 Å². The van der Waals surface area contributed by atoms with Crippen LogP contribution >= 0.6 is 0 Å². The predicted molar refractivity (Wildman–Crippen MR) is 72.6 cm³/mol. The van der Waals surface area contributed by atoms with Gasteiger partial charge in [0.1, 0.15) is 0 Å². The number of rotatable bonds is 3. The number of urea groups is 1. The van der Waals surface area contributed by atoms with E-state index < -0.39 is 0 Å². The van der Waals surface area contributed by atoms with Crippen LogP contribution in [0, 0.1) is 0 Å². The van der Waals surface area contributed by atoms with Crippen LogP contribution in [0.4, 0.5) is 4.79 Å². The van der Waals surface area contributed by atoms with Gasteiger partial charge in [-0.15, -0.1) is 0 Å². The molecule has 2 fully saturated rings. The van der Waals surface area contributed by atoms with Crippen molar-refractivity contribution in [1.29, 1.82) is 0 Å². The Bertz CT molecular complexity index is 430. The van der Waals surface area contributed by atoms with Crippen molar-refractivity contribution in [1.82, 2.24) is 20.1 Å². The highest BCUT2D eigenvalue weighted by atomic mass is 16.2. The summed E-state index contributed by atoms with van der Waals surface area (Å²) in [7, 11) is 0. The molecule has 3 heterocycles. The second kappa shape index (κ2) is 5.57. The molecule has 0 radical (unpaired) electrons. The molecule has 0 aromatic carbocycles. The number of hydrogen-bond acceptors (Lipinski definition) is 3. The van der Waals surface area contributed by atoms with Gasteiger partial charge in [0.15, 0.2) is 0 Å². The summed E-state index contributed by atoms with van der Waals surface area (Å²) in [5, 5.41) is 3.37. The lowest BCUT2D eigenvalue weighted by atomic mass is 10.1. The molecule has 2 aliphatic heterocycles. The summed E-state index contributed by atoms with van der Waals surface area (Å²) in [5.41, 5.74) is 1.10. The summed E-state index contributed by atoms with van der Waals surface area (Å²) in [4.78, 5) is 20.5. The molecule has 1 unspecified atom stereocenters. The molecular formula is C14H20N4O. The van der Waals surface area contributed by atoms with Gasteiger partial charge in [-0.3, -0.25) is 4.98 Å². The largest absolute Gasteiger partial charge is 0.320 e. The predicted octanol–water partition coefficient (Wildman–Crippen LogP) is 1.07. The van der Waals surface area contributed by atoms with E-state index in [1.165, 1.54) is 0 Å². The van der Waals surface area contributed by atoms with Crippen molar-refractivity contribution in [3.63, 3.8) is 0 Å². The molecular weight excluding hydrogens is 240 g/mol. The highest BCUT2D eigenvalue weighted by Gasteiger charge is 2.33. The molecule has 2 amide bonds. The Morgan fingerprint density at radius 1 is 1.42 bits per heavy atom. The Morgan fingerprint density at radius 3 is 3.11 bits per heavy atom. The SMILES string of the molecule is O=C1N(Cc2cccnc2)CCN1C1CCCNC1. The Morgan fingerprint density at radius 2 is 2.37 bits per heavy atom. The quantitative estimate of drug-likeness (QED) is 0.884. The number of nitrogens with one attached hydrogen (secondary N) is 1. The standard InChI is InChI=1S/C14H20N4O/c19-14-17(11-12-3-1-5-15-9-12)7-8-18(14)13-4-2-6-16-10-13/h1,3,5,9,13,16H,2,4,6-8,10-11H2. The van der Waals surface area contributed by atoms with Gasteiger partial charge in [-0.05, 0) is 31.0 Å². The van der Waals surface area contributed by atoms with Crippen molar-refractivity contribution in [3.05, 3.63) is 30.1 Å². The molecule has 19 heavy (non-hydrogen) atoms. The van der Waals surface area contributed by atoms with Crippen molar-refractivity contribution < 1.29 is 4.79 Å². The van der Waals surface area contributed by atoms with E-state index in [0.717, 1.165) is 44.6 Å². The minimum absolute atomic E-state index is 0.178. The van der Waals surface area contributed by atoms with Crippen LogP contribution in [0.25, 0.3) is 0 Å². The van der Waals surface area contributed by atoms with Gasteiger partial charge in [0.05, 0.1) is 0 Å². The van der Waals surface area contributed by atoms with E-state index in [9.17, 15) is 4.79 Å². The van der Waals surface area contributed by atoms with Crippen molar-refractivity contribution in [2.45, 2.75) is 25.4 Å². The number of hydrogen-bond donors (Lipinski definition) is 1. The lowest BCUT2D eigenvalue weighted by molar-refractivity contribution is 0.166. The zero-order valence-electron chi connectivity index (χ0n) is 11.1. The Hall–Kier alpha value is -1.62. The van der Waals surface area contributed by atoms with Crippen LogP contribution in [0.15, 0.2) is 24.5 Å². The Kier molecular flexibility index (Phi) is 3.64. The van der Waals surface area contributed by atoms with E-state index in [-0.39, 0.29) is 6.03 Å².